The maximum Gasteiger partial charge on any atom is 0.0713 e. The van der Waals surface area contributed by atoms with Crippen molar-refractivity contribution in [3.63, 3.8) is 0 Å². The van der Waals surface area contributed by atoms with Crippen LogP contribution in [0.25, 0.3) is 0 Å². The van der Waals surface area contributed by atoms with E-state index in [0.717, 1.165) is 5.70 Å². The average molecular weight is 293 g/mol. The van der Waals surface area contributed by atoms with Crippen molar-refractivity contribution in [2.75, 3.05) is 0 Å². The first-order valence-electron chi connectivity index (χ1n) is 7.63. The molecule has 0 aromatic rings. The summed E-state index contributed by atoms with van der Waals surface area (Å²) in [4.78, 5) is 4.85. The van der Waals surface area contributed by atoms with Gasteiger partial charge in [-0.15, -0.1) is 0 Å². The van der Waals surface area contributed by atoms with Crippen LogP contribution in [0.1, 0.15) is 20.8 Å². The summed E-state index contributed by atoms with van der Waals surface area (Å²) >= 11 is 0. The van der Waals surface area contributed by atoms with E-state index in [1.54, 1.807) is 0 Å². The Kier molecular flexibility index (Phi) is 3.44. The molecule has 0 aromatic heterocycles. The molecule has 0 bridgehead atoms. The highest BCUT2D eigenvalue weighted by Gasteiger charge is 2.29. The van der Waals surface area contributed by atoms with E-state index in [2.05, 4.69) is 76.0 Å². The zero-order valence-electron chi connectivity index (χ0n) is 13.6. The first kappa shape index (κ1) is 14.4. The van der Waals surface area contributed by atoms with Crippen LogP contribution in [0, 0.1) is 11.3 Å². The van der Waals surface area contributed by atoms with Crippen molar-refractivity contribution in [1.29, 1.82) is 0 Å². The minimum absolute atomic E-state index is 0.213. The SMILES string of the molecule is C[Si](C)=CC1=NC2=CC=CC2=C1C1C=CC(C(C)(C)C)=C1. The molecule has 1 atom stereocenters. The Balaban J connectivity index is 2.03. The second-order valence-corrected chi connectivity index (χ2v) is 9.66. The van der Waals surface area contributed by atoms with Crippen molar-refractivity contribution >= 4 is 19.8 Å². The number of allylic oxidation sites excluding steroid dienone is 8. The molecule has 21 heavy (non-hydrogen) atoms. The predicted molar refractivity (Wildman–Crippen MR) is 95.4 cm³/mol. The van der Waals surface area contributed by atoms with Gasteiger partial charge in [0, 0.05) is 19.9 Å². The Bertz CT molecular complexity index is 696. The third kappa shape index (κ3) is 2.65. The molecule has 0 spiro atoms. The van der Waals surface area contributed by atoms with E-state index in [-0.39, 0.29) is 5.41 Å². The molecule has 2 aliphatic carbocycles. The largest absolute Gasteiger partial charge is 0.248 e. The predicted octanol–water partition coefficient (Wildman–Crippen LogP) is 4.49. The molecule has 0 saturated heterocycles. The van der Waals surface area contributed by atoms with Gasteiger partial charge in [-0.2, -0.15) is 0 Å². The average Bonchev–Trinajstić information content (AvgIpc) is 3.00. The highest BCUT2D eigenvalue weighted by Crippen LogP contribution is 2.40. The van der Waals surface area contributed by atoms with Crippen LogP contribution in [0.15, 0.2) is 63.9 Å². The summed E-state index contributed by atoms with van der Waals surface area (Å²) in [7, 11) is -0.437. The number of nitrogens with zero attached hydrogens (tertiary/aromatic N) is 1. The molecule has 1 aliphatic heterocycles. The number of fused-ring (bicyclic) bond motifs is 1. The Morgan fingerprint density at radius 3 is 2.57 bits per heavy atom. The molecule has 0 N–H and O–H groups in total. The third-order valence-electron chi connectivity index (χ3n) is 4.07. The van der Waals surface area contributed by atoms with Crippen molar-refractivity contribution in [3.8, 4) is 0 Å². The fourth-order valence-corrected chi connectivity index (χ4v) is 3.76. The minimum atomic E-state index is -0.437. The monoisotopic (exact) mass is 293 g/mol. The van der Waals surface area contributed by atoms with Crippen LogP contribution < -0.4 is 0 Å². The normalized spacial score (nSPS) is 23.3. The minimum Gasteiger partial charge on any atom is -0.248 e. The molecular weight excluding hydrogens is 270 g/mol. The molecule has 108 valence electrons. The summed E-state index contributed by atoms with van der Waals surface area (Å²) in [6.07, 6.45) is 13.5. The highest BCUT2D eigenvalue weighted by molar-refractivity contribution is 6.77. The van der Waals surface area contributed by atoms with E-state index in [4.69, 9.17) is 4.99 Å². The Hall–Kier alpha value is -1.54. The molecule has 1 unspecified atom stereocenters. The van der Waals surface area contributed by atoms with E-state index in [1.165, 1.54) is 22.4 Å². The standard InChI is InChI=1S/C19H23NSi/c1-19(2,3)14-10-9-13(11-14)18-15-7-6-8-16(15)20-17(18)12-21(4)5/h6-13H,1-5H3. The molecule has 0 aromatic carbocycles. The van der Waals surface area contributed by atoms with E-state index < -0.39 is 8.41 Å². The van der Waals surface area contributed by atoms with Crippen molar-refractivity contribution in [2.24, 2.45) is 16.3 Å². The maximum absolute atomic E-state index is 4.85. The van der Waals surface area contributed by atoms with Crippen molar-refractivity contribution in [3.05, 3.63) is 58.9 Å². The molecule has 0 radical (unpaired) electrons. The van der Waals surface area contributed by atoms with Gasteiger partial charge in [0.1, 0.15) is 0 Å². The first-order valence-corrected chi connectivity index (χ1v) is 10.2. The Morgan fingerprint density at radius 2 is 1.95 bits per heavy atom. The van der Waals surface area contributed by atoms with Gasteiger partial charge >= 0.3 is 0 Å². The van der Waals surface area contributed by atoms with E-state index in [0.29, 0.717) is 5.92 Å². The van der Waals surface area contributed by atoms with Crippen LogP contribution in [0.3, 0.4) is 0 Å². The second kappa shape index (κ2) is 5.02. The van der Waals surface area contributed by atoms with Crippen LogP contribution in [0.2, 0.25) is 13.1 Å². The summed E-state index contributed by atoms with van der Waals surface area (Å²) in [5, 5.41) is 0. The number of aliphatic imine (C=N–C) groups is 1. The zero-order valence-corrected chi connectivity index (χ0v) is 14.6. The van der Waals surface area contributed by atoms with Gasteiger partial charge in [-0.05, 0) is 22.6 Å². The van der Waals surface area contributed by atoms with Crippen LogP contribution in [0.4, 0.5) is 0 Å². The lowest BCUT2D eigenvalue weighted by Gasteiger charge is -2.19. The van der Waals surface area contributed by atoms with Crippen LogP contribution in [-0.4, -0.2) is 19.8 Å². The van der Waals surface area contributed by atoms with Gasteiger partial charge in [0.05, 0.1) is 11.4 Å². The van der Waals surface area contributed by atoms with Gasteiger partial charge < -0.3 is 0 Å². The van der Waals surface area contributed by atoms with Crippen molar-refractivity contribution in [1.82, 2.24) is 0 Å². The van der Waals surface area contributed by atoms with Gasteiger partial charge in [0.2, 0.25) is 0 Å². The summed E-state index contributed by atoms with van der Waals surface area (Å²) < 4.78 is 0. The number of rotatable bonds is 2. The number of hydrogen-bond acceptors (Lipinski definition) is 1. The fraction of sp³-hybridized carbons (Fsp3) is 0.368. The molecule has 0 amide bonds. The van der Waals surface area contributed by atoms with Crippen LogP contribution >= 0.6 is 0 Å². The van der Waals surface area contributed by atoms with E-state index >= 15 is 0 Å². The summed E-state index contributed by atoms with van der Waals surface area (Å²) in [6, 6.07) is 0. The van der Waals surface area contributed by atoms with Crippen molar-refractivity contribution in [2.45, 2.75) is 33.9 Å². The zero-order chi connectivity index (χ0) is 15.2. The summed E-state index contributed by atoms with van der Waals surface area (Å²) in [5.41, 5.74) is 9.10. The topological polar surface area (TPSA) is 12.4 Å². The Morgan fingerprint density at radius 1 is 1.19 bits per heavy atom. The van der Waals surface area contributed by atoms with Crippen LogP contribution in [0.5, 0.6) is 0 Å². The van der Waals surface area contributed by atoms with E-state index in [1.807, 2.05) is 0 Å². The van der Waals surface area contributed by atoms with Gasteiger partial charge in [0.15, 0.2) is 0 Å². The number of hydrogen-bond donors (Lipinski definition) is 0. The lowest BCUT2D eigenvalue weighted by atomic mass is 9.86. The first-order chi connectivity index (χ1) is 9.86. The van der Waals surface area contributed by atoms with Crippen LogP contribution in [-0.2, 0) is 0 Å². The third-order valence-corrected chi connectivity index (χ3v) is 4.92. The molecular formula is C19H23NSi. The van der Waals surface area contributed by atoms with E-state index in [9.17, 15) is 0 Å². The quantitative estimate of drug-likeness (QED) is 0.665. The highest BCUT2D eigenvalue weighted by atomic mass is 28.2. The molecule has 0 fully saturated rings. The van der Waals surface area contributed by atoms with Gasteiger partial charge in [-0.25, -0.2) is 4.99 Å². The van der Waals surface area contributed by atoms with Gasteiger partial charge in [-0.3, -0.25) is 0 Å². The molecule has 3 rings (SSSR count). The molecule has 0 saturated carbocycles. The smallest absolute Gasteiger partial charge is 0.0713 e. The molecule has 2 heteroatoms. The Labute approximate surface area is 129 Å². The molecule has 1 nitrogen and oxygen atoms in total. The maximum atomic E-state index is 4.85. The van der Waals surface area contributed by atoms with Crippen molar-refractivity contribution < 1.29 is 0 Å². The van der Waals surface area contributed by atoms with Gasteiger partial charge in [-0.1, -0.05) is 69.9 Å². The fourth-order valence-electron chi connectivity index (χ4n) is 2.99. The summed E-state index contributed by atoms with van der Waals surface area (Å²) in [6.45, 7) is 11.5. The summed E-state index contributed by atoms with van der Waals surface area (Å²) in [5.74, 6) is 0.374. The molecule has 1 heterocycles. The second-order valence-electron chi connectivity index (χ2n) is 7.21. The lowest BCUT2D eigenvalue weighted by Crippen LogP contribution is -2.13. The molecule has 3 aliphatic rings. The van der Waals surface area contributed by atoms with Gasteiger partial charge in [0.25, 0.3) is 0 Å². The lowest BCUT2D eigenvalue weighted by molar-refractivity contribution is 0.517.